The lowest BCUT2D eigenvalue weighted by atomic mass is 9.69. The second-order valence-corrected chi connectivity index (χ2v) is 6.44. The smallest absolute Gasteiger partial charge is 0.191 e. The van der Waals surface area contributed by atoms with E-state index in [0.29, 0.717) is 5.41 Å². The largest absolute Gasteiger partial charge is 0.345 e. The van der Waals surface area contributed by atoms with E-state index in [9.17, 15) is 0 Å². The molecule has 0 N–H and O–H groups in total. The highest BCUT2D eigenvalue weighted by Gasteiger charge is 2.46. The highest BCUT2D eigenvalue weighted by atomic mass is 16.7. The number of hydrogen-bond acceptors (Lipinski definition) is 2. The maximum Gasteiger partial charge on any atom is 0.191 e. The second kappa shape index (κ2) is 4.31. The van der Waals surface area contributed by atoms with Crippen molar-refractivity contribution >= 4 is 10.8 Å². The van der Waals surface area contributed by atoms with Crippen molar-refractivity contribution in [3.05, 3.63) is 48.0 Å². The molecule has 0 radical (unpaired) electrons. The molecule has 0 bridgehead atoms. The Kier molecular flexibility index (Phi) is 2.66. The molecule has 1 aliphatic heterocycles. The van der Waals surface area contributed by atoms with E-state index in [-0.39, 0.29) is 0 Å². The van der Waals surface area contributed by atoms with Crippen molar-refractivity contribution in [2.45, 2.75) is 32.0 Å². The highest BCUT2D eigenvalue weighted by Crippen LogP contribution is 2.47. The summed E-state index contributed by atoms with van der Waals surface area (Å²) < 4.78 is 12.3. The van der Waals surface area contributed by atoms with E-state index >= 15 is 0 Å². The molecular formula is C18H20O2. The Hall–Kier alpha value is -1.38. The third-order valence-corrected chi connectivity index (χ3v) is 5.00. The van der Waals surface area contributed by atoms with Gasteiger partial charge in [0.15, 0.2) is 5.79 Å². The molecule has 1 heterocycles. The lowest BCUT2D eigenvalue weighted by Gasteiger charge is -2.49. The SMILES string of the molecule is CC1(c2ccc3ccccc3c2)OCC2(CCC2)CO1. The fraction of sp³-hybridized carbons (Fsp3) is 0.444. The fourth-order valence-corrected chi connectivity index (χ4v) is 3.27. The molecule has 0 atom stereocenters. The van der Waals surface area contributed by atoms with E-state index in [0.717, 1.165) is 18.8 Å². The van der Waals surface area contributed by atoms with Gasteiger partial charge in [-0.05, 0) is 36.6 Å². The van der Waals surface area contributed by atoms with Crippen LogP contribution in [0.2, 0.25) is 0 Å². The molecule has 20 heavy (non-hydrogen) atoms. The summed E-state index contributed by atoms with van der Waals surface area (Å²) in [6.07, 6.45) is 3.82. The van der Waals surface area contributed by atoms with Crippen molar-refractivity contribution in [1.82, 2.24) is 0 Å². The van der Waals surface area contributed by atoms with E-state index in [1.165, 1.54) is 30.0 Å². The molecule has 2 aliphatic rings. The van der Waals surface area contributed by atoms with Crippen molar-refractivity contribution in [3.8, 4) is 0 Å². The van der Waals surface area contributed by atoms with Crippen molar-refractivity contribution < 1.29 is 9.47 Å². The first kappa shape index (κ1) is 12.4. The van der Waals surface area contributed by atoms with Crippen LogP contribution in [0.5, 0.6) is 0 Å². The maximum absolute atomic E-state index is 6.14. The highest BCUT2D eigenvalue weighted by molar-refractivity contribution is 5.83. The van der Waals surface area contributed by atoms with Gasteiger partial charge in [-0.25, -0.2) is 0 Å². The predicted molar refractivity (Wildman–Crippen MR) is 79.5 cm³/mol. The lowest BCUT2D eigenvalue weighted by molar-refractivity contribution is -0.315. The van der Waals surface area contributed by atoms with Gasteiger partial charge in [-0.1, -0.05) is 42.8 Å². The Morgan fingerprint density at radius 3 is 2.25 bits per heavy atom. The zero-order valence-corrected chi connectivity index (χ0v) is 11.9. The molecule has 1 spiro atoms. The summed E-state index contributed by atoms with van der Waals surface area (Å²) in [6.45, 7) is 3.70. The number of ether oxygens (including phenoxy) is 2. The van der Waals surface area contributed by atoms with Crippen LogP contribution in [-0.2, 0) is 15.3 Å². The standard InChI is InChI=1S/C18H20O2/c1-17(19-12-18(13-20-17)9-4-10-18)16-8-7-14-5-2-3-6-15(14)11-16/h2-3,5-8,11H,4,9-10,12-13H2,1H3. The van der Waals surface area contributed by atoms with E-state index in [1.807, 2.05) is 6.92 Å². The first-order chi connectivity index (χ1) is 9.69. The van der Waals surface area contributed by atoms with Crippen LogP contribution in [-0.4, -0.2) is 13.2 Å². The third kappa shape index (κ3) is 1.87. The van der Waals surface area contributed by atoms with Gasteiger partial charge in [-0.15, -0.1) is 0 Å². The summed E-state index contributed by atoms with van der Waals surface area (Å²) in [5, 5.41) is 2.49. The average Bonchev–Trinajstić information content (AvgIpc) is 2.46. The summed E-state index contributed by atoms with van der Waals surface area (Å²) in [5.41, 5.74) is 1.43. The zero-order chi connectivity index (χ0) is 13.6. The number of benzene rings is 2. The molecule has 2 nitrogen and oxygen atoms in total. The molecule has 0 unspecified atom stereocenters. The first-order valence-corrected chi connectivity index (χ1v) is 7.47. The van der Waals surface area contributed by atoms with E-state index in [2.05, 4.69) is 42.5 Å². The molecule has 1 saturated carbocycles. The van der Waals surface area contributed by atoms with Crippen LogP contribution in [0.3, 0.4) is 0 Å². The molecule has 2 aromatic rings. The molecule has 2 fully saturated rings. The Labute approximate surface area is 119 Å². The molecule has 104 valence electrons. The normalized spacial score (nSPS) is 23.6. The van der Waals surface area contributed by atoms with Gasteiger partial charge < -0.3 is 9.47 Å². The molecule has 2 aromatic carbocycles. The molecule has 0 amide bonds. The zero-order valence-electron chi connectivity index (χ0n) is 11.9. The molecule has 2 heteroatoms. The van der Waals surface area contributed by atoms with Crippen molar-refractivity contribution in [2.75, 3.05) is 13.2 Å². The molecule has 4 rings (SSSR count). The van der Waals surface area contributed by atoms with Gasteiger partial charge in [0.25, 0.3) is 0 Å². The van der Waals surface area contributed by atoms with E-state index in [1.54, 1.807) is 0 Å². The predicted octanol–water partition coefficient (Wildman–Crippen LogP) is 4.23. The lowest BCUT2D eigenvalue weighted by Crippen LogP contribution is -2.49. The quantitative estimate of drug-likeness (QED) is 0.770. The Morgan fingerprint density at radius 1 is 0.900 bits per heavy atom. The Bertz CT molecular complexity index is 633. The van der Waals surface area contributed by atoms with Gasteiger partial charge in [-0.2, -0.15) is 0 Å². The summed E-state index contributed by atoms with van der Waals surface area (Å²) >= 11 is 0. The van der Waals surface area contributed by atoms with Crippen LogP contribution >= 0.6 is 0 Å². The van der Waals surface area contributed by atoms with Crippen LogP contribution < -0.4 is 0 Å². The van der Waals surface area contributed by atoms with Gasteiger partial charge >= 0.3 is 0 Å². The molecule has 1 aliphatic carbocycles. The monoisotopic (exact) mass is 268 g/mol. The van der Waals surface area contributed by atoms with Crippen molar-refractivity contribution in [2.24, 2.45) is 5.41 Å². The summed E-state index contributed by atoms with van der Waals surface area (Å²) in [7, 11) is 0. The third-order valence-electron chi connectivity index (χ3n) is 5.00. The average molecular weight is 268 g/mol. The summed E-state index contributed by atoms with van der Waals surface area (Å²) in [6, 6.07) is 14.9. The van der Waals surface area contributed by atoms with Crippen molar-refractivity contribution in [3.63, 3.8) is 0 Å². The number of fused-ring (bicyclic) bond motifs is 1. The van der Waals surface area contributed by atoms with Gasteiger partial charge in [0.1, 0.15) is 0 Å². The Morgan fingerprint density at radius 2 is 1.60 bits per heavy atom. The van der Waals surface area contributed by atoms with Gasteiger partial charge in [0.2, 0.25) is 0 Å². The van der Waals surface area contributed by atoms with Gasteiger partial charge in [0, 0.05) is 11.0 Å². The Balaban J connectivity index is 1.64. The molecular weight excluding hydrogens is 248 g/mol. The van der Waals surface area contributed by atoms with E-state index in [4.69, 9.17) is 9.47 Å². The first-order valence-electron chi connectivity index (χ1n) is 7.47. The topological polar surface area (TPSA) is 18.5 Å². The molecule has 1 saturated heterocycles. The van der Waals surface area contributed by atoms with Gasteiger partial charge in [-0.3, -0.25) is 0 Å². The second-order valence-electron chi connectivity index (χ2n) is 6.44. The fourth-order valence-electron chi connectivity index (χ4n) is 3.27. The van der Waals surface area contributed by atoms with Crippen LogP contribution in [0.25, 0.3) is 10.8 Å². The van der Waals surface area contributed by atoms with Crippen LogP contribution in [0.4, 0.5) is 0 Å². The number of hydrogen-bond donors (Lipinski definition) is 0. The van der Waals surface area contributed by atoms with Gasteiger partial charge in [0.05, 0.1) is 13.2 Å². The minimum atomic E-state index is -0.592. The van der Waals surface area contributed by atoms with Crippen molar-refractivity contribution in [1.29, 1.82) is 0 Å². The number of rotatable bonds is 1. The summed E-state index contributed by atoms with van der Waals surface area (Å²) in [4.78, 5) is 0. The minimum Gasteiger partial charge on any atom is -0.345 e. The minimum absolute atomic E-state index is 0.316. The van der Waals surface area contributed by atoms with Crippen LogP contribution in [0, 0.1) is 5.41 Å². The maximum atomic E-state index is 6.14. The summed E-state index contributed by atoms with van der Waals surface area (Å²) in [5.74, 6) is -0.592. The molecule has 0 aromatic heterocycles. The van der Waals surface area contributed by atoms with E-state index < -0.39 is 5.79 Å². The van der Waals surface area contributed by atoms with Crippen LogP contribution in [0.15, 0.2) is 42.5 Å². The van der Waals surface area contributed by atoms with Crippen LogP contribution in [0.1, 0.15) is 31.7 Å².